The van der Waals surface area contributed by atoms with Crippen LogP contribution < -0.4 is 5.32 Å². The molecule has 2 heterocycles. The number of piperidine rings is 1. The highest BCUT2D eigenvalue weighted by Crippen LogP contribution is 2.26. The van der Waals surface area contributed by atoms with E-state index in [-0.39, 0.29) is 30.5 Å². The van der Waals surface area contributed by atoms with Crippen LogP contribution in [0.4, 0.5) is 10.5 Å². The predicted octanol–water partition coefficient (Wildman–Crippen LogP) is 4.70. The SMILES string of the molecule is Cc1cc(C)c(NC(=O)CN(C)C(=O)c2cccn2C2CCN(C(=O)OC(C)(C)C)CC2)c(C)c1. The molecule has 0 radical (unpaired) electrons. The number of nitrogens with one attached hydrogen (secondary N) is 1. The van der Waals surface area contributed by atoms with Gasteiger partial charge in [0, 0.05) is 38.1 Å². The first-order chi connectivity index (χ1) is 16.4. The summed E-state index contributed by atoms with van der Waals surface area (Å²) in [5.41, 5.74) is 3.94. The van der Waals surface area contributed by atoms with E-state index < -0.39 is 5.60 Å². The fourth-order valence-corrected chi connectivity index (χ4v) is 4.59. The van der Waals surface area contributed by atoms with Crippen LogP contribution >= 0.6 is 0 Å². The molecule has 0 bridgehead atoms. The Bertz CT molecular complexity index is 1070. The maximum absolute atomic E-state index is 13.2. The van der Waals surface area contributed by atoms with Crippen molar-refractivity contribution in [1.82, 2.24) is 14.4 Å². The molecule has 8 heteroatoms. The minimum atomic E-state index is -0.526. The molecule has 1 N–H and O–H groups in total. The van der Waals surface area contributed by atoms with Gasteiger partial charge in [-0.2, -0.15) is 0 Å². The molecule has 0 saturated carbocycles. The molecule has 0 atom stereocenters. The molecule has 2 aromatic rings. The molecule has 1 saturated heterocycles. The van der Waals surface area contributed by atoms with Gasteiger partial charge in [-0.25, -0.2) is 4.79 Å². The first-order valence-electron chi connectivity index (χ1n) is 12.1. The summed E-state index contributed by atoms with van der Waals surface area (Å²) in [4.78, 5) is 41.4. The zero-order valence-corrected chi connectivity index (χ0v) is 22.0. The molecule has 3 amide bonds. The van der Waals surface area contributed by atoms with Crippen molar-refractivity contribution in [2.24, 2.45) is 0 Å². The molecule has 35 heavy (non-hydrogen) atoms. The zero-order chi connectivity index (χ0) is 25.9. The van der Waals surface area contributed by atoms with Crippen LogP contribution in [0.15, 0.2) is 30.5 Å². The van der Waals surface area contributed by atoms with Crippen molar-refractivity contribution in [3.8, 4) is 0 Å². The van der Waals surface area contributed by atoms with E-state index in [4.69, 9.17) is 4.74 Å². The van der Waals surface area contributed by atoms with E-state index in [1.54, 1.807) is 18.0 Å². The van der Waals surface area contributed by atoms with E-state index >= 15 is 0 Å². The van der Waals surface area contributed by atoms with E-state index in [0.717, 1.165) is 35.2 Å². The van der Waals surface area contributed by atoms with Crippen LogP contribution in [-0.4, -0.2) is 64.6 Å². The highest BCUT2D eigenvalue weighted by molar-refractivity contribution is 5.99. The quantitative estimate of drug-likeness (QED) is 0.670. The van der Waals surface area contributed by atoms with Crippen molar-refractivity contribution in [3.63, 3.8) is 0 Å². The second-order valence-corrected chi connectivity index (χ2v) is 10.5. The Morgan fingerprint density at radius 2 is 1.69 bits per heavy atom. The lowest BCUT2D eigenvalue weighted by molar-refractivity contribution is -0.116. The number of likely N-dealkylation sites (N-methyl/N-ethyl adjacent to an activating group) is 1. The third kappa shape index (κ3) is 6.65. The van der Waals surface area contributed by atoms with E-state index in [1.807, 2.05) is 70.5 Å². The van der Waals surface area contributed by atoms with Gasteiger partial charge in [-0.15, -0.1) is 0 Å². The van der Waals surface area contributed by atoms with Crippen molar-refractivity contribution in [3.05, 3.63) is 52.8 Å². The summed E-state index contributed by atoms with van der Waals surface area (Å²) in [7, 11) is 1.64. The fourth-order valence-electron chi connectivity index (χ4n) is 4.59. The summed E-state index contributed by atoms with van der Waals surface area (Å²) >= 11 is 0. The van der Waals surface area contributed by atoms with Gasteiger partial charge in [0.05, 0.1) is 6.54 Å². The van der Waals surface area contributed by atoms with E-state index in [0.29, 0.717) is 18.8 Å². The van der Waals surface area contributed by atoms with Gasteiger partial charge in [0.2, 0.25) is 5.91 Å². The molecule has 0 unspecified atom stereocenters. The third-order valence-electron chi connectivity index (χ3n) is 6.18. The van der Waals surface area contributed by atoms with Crippen LogP contribution in [0.2, 0.25) is 0 Å². The van der Waals surface area contributed by atoms with E-state index in [2.05, 4.69) is 5.32 Å². The molecular weight excluding hydrogens is 444 g/mol. The first kappa shape index (κ1) is 26.3. The molecule has 1 aromatic carbocycles. The summed E-state index contributed by atoms with van der Waals surface area (Å²) in [6.07, 6.45) is 3.05. The van der Waals surface area contributed by atoms with Crippen LogP contribution in [0.3, 0.4) is 0 Å². The van der Waals surface area contributed by atoms with Crippen LogP contribution in [-0.2, 0) is 9.53 Å². The number of aromatic nitrogens is 1. The van der Waals surface area contributed by atoms with Crippen LogP contribution in [0, 0.1) is 20.8 Å². The number of aryl methyl sites for hydroxylation is 3. The van der Waals surface area contributed by atoms with Crippen molar-refractivity contribution in [2.75, 3.05) is 32.0 Å². The fraction of sp³-hybridized carbons (Fsp3) is 0.519. The van der Waals surface area contributed by atoms with Crippen LogP contribution in [0.5, 0.6) is 0 Å². The normalized spacial score (nSPS) is 14.5. The van der Waals surface area contributed by atoms with Gasteiger partial charge in [0.15, 0.2) is 0 Å². The maximum atomic E-state index is 13.2. The van der Waals surface area contributed by atoms with Crippen LogP contribution in [0.1, 0.15) is 66.8 Å². The van der Waals surface area contributed by atoms with E-state index in [1.165, 1.54) is 4.90 Å². The number of benzene rings is 1. The Morgan fingerprint density at radius 3 is 2.26 bits per heavy atom. The maximum Gasteiger partial charge on any atom is 0.410 e. The third-order valence-corrected chi connectivity index (χ3v) is 6.18. The number of anilines is 1. The van der Waals surface area contributed by atoms with Gasteiger partial charge in [-0.3, -0.25) is 9.59 Å². The molecule has 1 fully saturated rings. The number of rotatable bonds is 5. The van der Waals surface area contributed by atoms with Gasteiger partial charge in [-0.1, -0.05) is 17.7 Å². The summed E-state index contributed by atoms with van der Waals surface area (Å²) < 4.78 is 7.45. The second-order valence-electron chi connectivity index (χ2n) is 10.5. The van der Waals surface area contributed by atoms with Gasteiger partial charge in [0.1, 0.15) is 11.3 Å². The van der Waals surface area contributed by atoms with Crippen molar-refractivity contribution in [1.29, 1.82) is 0 Å². The lowest BCUT2D eigenvalue weighted by Gasteiger charge is -2.34. The van der Waals surface area contributed by atoms with Crippen LogP contribution in [0.25, 0.3) is 0 Å². The molecular formula is C27H38N4O4. The molecule has 8 nitrogen and oxygen atoms in total. The van der Waals surface area contributed by atoms with Crippen molar-refractivity contribution >= 4 is 23.6 Å². The molecule has 0 spiro atoms. The zero-order valence-electron chi connectivity index (χ0n) is 22.0. The lowest BCUT2D eigenvalue weighted by Crippen LogP contribution is -2.42. The second kappa shape index (κ2) is 10.5. The molecule has 3 rings (SSSR count). The molecule has 190 valence electrons. The van der Waals surface area contributed by atoms with Gasteiger partial charge < -0.3 is 24.4 Å². The first-order valence-corrected chi connectivity index (χ1v) is 12.1. The summed E-state index contributed by atoms with van der Waals surface area (Å²) in [5.74, 6) is -0.447. The number of likely N-dealkylation sites (tertiary alicyclic amines) is 1. The number of amides is 3. The summed E-state index contributed by atoms with van der Waals surface area (Å²) in [5, 5.41) is 2.96. The number of nitrogens with zero attached hydrogens (tertiary/aromatic N) is 3. The molecule has 0 aliphatic carbocycles. The highest BCUT2D eigenvalue weighted by Gasteiger charge is 2.29. The largest absolute Gasteiger partial charge is 0.444 e. The average molecular weight is 483 g/mol. The summed E-state index contributed by atoms with van der Waals surface area (Å²) in [6.45, 7) is 12.6. The molecule has 1 aromatic heterocycles. The Kier molecular flexibility index (Phi) is 7.93. The monoisotopic (exact) mass is 482 g/mol. The number of carbonyl (C=O) groups is 3. The smallest absolute Gasteiger partial charge is 0.410 e. The Balaban J connectivity index is 1.60. The number of hydrogen-bond acceptors (Lipinski definition) is 4. The topological polar surface area (TPSA) is 83.9 Å². The van der Waals surface area contributed by atoms with Crippen molar-refractivity contribution < 1.29 is 19.1 Å². The van der Waals surface area contributed by atoms with Crippen molar-refractivity contribution in [2.45, 2.75) is 66.0 Å². The Hall–Kier alpha value is -3.29. The minimum Gasteiger partial charge on any atom is -0.444 e. The number of carbonyl (C=O) groups excluding carboxylic acids is 3. The number of hydrogen-bond donors (Lipinski definition) is 1. The van der Waals surface area contributed by atoms with Gasteiger partial charge in [-0.05, 0) is 77.6 Å². The predicted molar refractivity (Wildman–Crippen MR) is 137 cm³/mol. The average Bonchev–Trinajstić information content (AvgIpc) is 3.24. The Labute approximate surface area is 208 Å². The minimum absolute atomic E-state index is 0.0478. The standard InChI is InChI=1S/C27H38N4O4/c1-18-15-19(2)24(20(3)16-18)28-23(32)17-29(7)25(33)22-9-8-12-31(22)21-10-13-30(14-11-21)26(34)35-27(4,5)6/h8-9,12,15-16,21H,10-11,13-14,17H2,1-7H3,(H,28,32). The van der Waals surface area contributed by atoms with E-state index in [9.17, 15) is 14.4 Å². The van der Waals surface area contributed by atoms with Gasteiger partial charge in [0.25, 0.3) is 5.91 Å². The molecule has 1 aliphatic heterocycles. The summed E-state index contributed by atoms with van der Waals surface area (Å²) in [6, 6.07) is 7.78. The Morgan fingerprint density at radius 1 is 1.09 bits per heavy atom. The molecule has 1 aliphatic rings. The highest BCUT2D eigenvalue weighted by atomic mass is 16.6. The lowest BCUT2D eigenvalue weighted by atomic mass is 10.0. The van der Waals surface area contributed by atoms with Gasteiger partial charge >= 0.3 is 6.09 Å². The number of ether oxygens (including phenoxy) is 1.